The lowest BCUT2D eigenvalue weighted by molar-refractivity contribution is -0.0598. The molecule has 0 aliphatic heterocycles. The fourth-order valence-electron chi connectivity index (χ4n) is 2.30. The van der Waals surface area contributed by atoms with E-state index in [1.165, 1.54) is 26.2 Å². The lowest BCUT2D eigenvalue weighted by Gasteiger charge is -2.12. The molecule has 0 saturated carbocycles. The van der Waals surface area contributed by atoms with Crippen molar-refractivity contribution >= 4 is 26.8 Å². The Hall–Kier alpha value is -2.60. The van der Waals surface area contributed by atoms with Crippen molar-refractivity contribution in [1.29, 1.82) is 0 Å². The number of ether oxygens (including phenoxy) is 1. The lowest BCUT2D eigenvalue weighted by Crippen LogP contribution is -2.30. The summed E-state index contributed by atoms with van der Waals surface area (Å²) < 4.78 is 77.3. The van der Waals surface area contributed by atoms with E-state index in [-0.39, 0.29) is 23.1 Å². The van der Waals surface area contributed by atoms with Crippen LogP contribution in [0.1, 0.15) is 24.5 Å². The van der Waals surface area contributed by atoms with E-state index in [0.29, 0.717) is 5.56 Å². The number of alkyl halides is 3. The summed E-state index contributed by atoms with van der Waals surface area (Å²) in [6.45, 7) is 1.07. The molecule has 0 radical (unpaired) electrons. The minimum absolute atomic E-state index is 0.0114. The van der Waals surface area contributed by atoms with Crippen LogP contribution in [-0.4, -0.2) is 38.3 Å². The molecule has 1 aromatic heterocycles. The Morgan fingerprint density at radius 1 is 1.29 bits per heavy atom. The highest BCUT2D eigenvalue weighted by Crippen LogP contribution is 2.30. The van der Waals surface area contributed by atoms with Crippen LogP contribution in [0.2, 0.25) is 0 Å². The van der Waals surface area contributed by atoms with Crippen LogP contribution in [0.15, 0.2) is 32.6 Å². The van der Waals surface area contributed by atoms with Crippen molar-refractivity contribution in [2.45, 2.75) is 26.1 Å². The summed E-state index contributed by atoms with van der Waals surface area (Å²) in [5.41, 5.74) is -4.16. The first-order valence-electron chi connectivity index (χ1n) is 7.85. The summed E-state index contributed by atoms with van der Waals surface area (Å²) in [6.07, 6.45) is -5.11. The van der Waals surface area contributed by atoms with Gasteiger partial charge in [-0.2, -0.15) is 21.6 Å². The normalized spacial score (nSPS) is 13.0. The Morgan fingerprint density at radius 3 is 2.50 bits per heavy atom. The highest BCUT2D eigenvalue weighted by atomic mass is 32.2. The maximum atomic E-state index is 13.4. The molecule has 0 aliphatic rings. The number of fused-ring (bicyclic) bond motifs is 1. The number of methoxy groups -OCH3 is 1. The summed E-state index contributed by atoms with van der Waals surface area (Å²) in [5.74, 6) is -0.515. The maximum absolute atomic E-state index is 13.4. The Kier molecular flexibility index (Phi) is 6.34. The van der Waals surface area contributed by atoms with E-state index in [2.05, 4.69) is 9.44 Å². The van der Waals surface area contributed by atoms with Gasteiger partial charge in [-0.25, -0.2) is 4.79 Å². The summed E-state index contributed by atoms with van der Waals surface area (Å²) >= 11 is 0. The Labute approximate surface area is 157 Å². The monoisotopic (exact) mass is 423 g/mol. The molecule has 1 aromatic carbocycles. The van der Waals surface area contributed by atoms with Gasteiger partial charge in [0.15, 0.2) is 5.71 Å². The molecule has 1 N–H and O–H groups in total. The summed E-state index contributed by atoms with van der Waals surface area (Å²) in [7, 11) is -3.11. The molecule has 12 heteroatoms. The zero-order valence-corrected chi connectivity index (χ0v) is 15.6. The Balaban J connectivity index is 2.70. The van der Waals surface area contributed by atoms with Gasteiger partial charge in [0.05, 0.1) is 30.4 Å². The quantitative estimate of drug-likeness (QED) is 0.413. The molecule has 0 aliphatic carbocycles. The number of nitrogens with zero attached hydrogens (tertiary/aromatic N) is 1. The number of aliphatic hydroxyl groups is 1. The van der Waals surface area contributed by atoms with Gasteiger partial charge in [0, 0.05) is 0 Å². The topological polar surface area (TPSA) is 115 Å². The molecule has 0 saturated heterocycles. The Bertz CT molecular complexity index is 1060. The molecule has 154 valence electrons. The minimum Gasteiger partial charge on any atom is -0.496 e. The summed E-state index contributed by atoms with van der Waals surface area (Å²) in [6, 6.07) is 3.41. The van der Waals surface area contributed by atoms with Gasteiger partial charge in [0.25, 0.3) is 0 Å². The molecule has 2 aromatic rings. The van der Waals surface area contributed by atoms with E-state index in [9.17, 15) is 31.5 Å². The molecule has 1 heterocycles. The van der Waals surface area contributed by atoms with Crippen LogP contribution in [0.3, 0.4) is 0 Å². The average Bonchev–Trinajstić information content (AvgIpc) is 2.59. The van der Waals surface area contributed by atoms with E-state index in [0.717, 1.165) is 6.07 Å². The number of oxime groups is 1. The van der Waals surface area contributed by atoms with Gasteiger partial charge in [-0.15, -0.1) is 0 Å². The van der Waals surface area contributed by atoms with Crippen molar-refractivity contribution in [1.82, 2.24) is 0 Å². The van der Waals surface area contributed by atoms with Crippen LogP contribution in [0, 0.1) is 0 Å². The van der Waals surface area contributed by atoms with E-state index >= 15 is 0 Å². The van der Waals surface area contributed by atoms with Gasteiger partial charge in [0.2, 0.25) is 0 Å². The van der Waals surface area contributed by atoms with Gasteiger partial charge < -0.3 is 14.3 Å². The van der Waals surface area contributed by atoms with Crippen molar-refractivity contribution in [3.8, 4) is 5.75 Å². The molecule has 8 nitrogen and oxygen atoms in total. The number of rotatable bonds is 7. The zero-order valence-electron chi connectivity index (χ0n) is 14.7. The SMILES string of the molecule is CCCS(=O)(=O)O/N=C(\c1cc2c(OC)cc(CO)cc2oc1=O)C(F)(F)F. The number of hydrogen-bond donors (Lipinski definition) is 1. The van der Waals surface area contributed by atoms with Gasteiger partial charge in [-0.3, -0.25) is 4.28 Å². The lowest BCUT2D eigenvalue weighted by atomic mass is 10.1. The van der Waals surface area contributed by atoms with Crippen LogP contribution in [0.5, 0.6) is 5.75 Å². The van der Waals surface area contributed by atoms with Crippen LogP contribution in [0.25, 0.3) is 11.0 Å². The smallest absolute Gasteiger partial charge is 0.437 e. The second-order valence-corrected chi connectivity index (χ2v) is 7.26. The highest BCUT2D eigenvalue weighted by molar-refractivity contribution is 7.86. The van der Waals surface area contributed by atoms with E-state index in [1.807, 2.05) is 0 Å². The first-order valence-corrected chi connectivity index (χ1v) is 9.42. The standard InChI is InChI=1S/C16H16F3NO7S/c1-3-4-28(23,24)27-20-14(16(17,18)19)11-7-10-12(25-2)5-9(8-21)6-13(10)26-15(11)22/h5-7,21H,3-4,8H2,1-2H3/b20-14+. The van der Waals surface area contributed by atoms with E-state index in [1.54, 1.807) is 0 Å². The molecule has 0 unspecified atom stereocenters. The third-order valence-corrected chi connectivity index (χ3v) is 4.71. The first-order chi connectivity index (χ1) is 13.0. The number of hydrogen-bond acceptors (Lipinski definition) is 8. The van der Waals surface area contributed by atoms with Crippen molar-refractivity contribution in [3.63, 3.8) is 0 Å². The molecule has 0 amide bonds. The van der Waals surface area contributed by atoms with Crippen molar-refractivity contribution in [3.05, 3.63) is 39.7 Å². The van der Waals surface area contributed by atoms with Crippen LogP contribution in [-0.2, 0) is 21.0 Å². The highest BCUT2D eigenvalue weighted by Gasteiger charge is 2.40. The molecular weight excluding hydrogens is 407 g/mol. The third kappa shape index (κ3) is 4.81. The minimum atomic E-state index is -5.21. The average molecular weight is 423 g/mol. The van der Waals surface area contributed by atoms with Crippen LogP contribution < -0.4 is 10.4 Å². The van der Waals surface area contributed by atoms with Crippen molar-refractivity contribution < 1.29 is 40.1 Å². The summed E-state index contributed by atoms with van der Waals surface area (Å²) in [5, 5.41) is 11.9. The summed E-state index contributed by atoms with van der Waals surface area (Å²) in [4.78, 5) is 12.1. The van der Waals surface area contributed by atoms with Gasteiger partial charge in [-0.05, 0) is 30.2 Å². The van der Waals surface area contributed by atoms with Gasteiger partial charge in [-0.1, -0.05) is 12.1 Å². The van der Waals surface area contributed by atoms with Crippen molar-refractivity contribution in [2.75, 3.05) is 12.9 Å². The van der Waals surface area contributed by atoms with Crippen LogP contribution in [0.4, 0.5) is 13.2 Å². The molecular formula is C16H16F3NO7S. The number of halogens is 3. The van der Waals surface area contributed by atoms with E-state index in [4.69, 9.17) is 9.15 Å². The van der Waals surface area contributed by atoms with E-state index < -0.39 is 45.6 Å². The molecule has 0 fully saturated rings. The second-order valence-electron chi connectivity index (χ2n) is 5.59. The zero-order chi connectivity index (χ0) is 21.1. The number of aliphatic hydroxyl groups excluding tert-OH is 1. The fourth-order valence-corrected chi connectivity index (χ4v) is 3.06. The Morgan fingerprint density at radius 2 is 1.96 bits per heavy atom. The third-order valence-electron chi connectivity index (χ3n) is 3.50. The van der Waals surface area contributed by atoms with Crippen molar-refractivity contribution in [2.24, 2.45) is 5.16 Å². The molecule has 0 spiro atoms. The molecule has 0 atom stereocenters. The number of benzene rings is 1. The predicted octanol–water partition coefficient (Wildman–Crippen LogP) is 2.32. The molecule has 2 rings (SSSR count). The predicted molar refractivity (Wildman–Crippen MR) is 92.7 cm³/mol. The van der Waals surface area contributed by atoms with Crippen LogP contribution >= 0.6 is 0 Å². The van der Waals surface area contributed by atoms with Gasteiger partial charge in [0.1, 0.15) is 11.3 Å². The van der Waals surface area contributed by atoms with Gasteiger partial charge >= 0.3 is 21.9 Å². The second kappa shape index (κ2) is 8.19. The molecule has 28 heavy (non-hydrogen) atoms. The largest absolute Gasteiger partial charge is 0.496 e. The molecule has 0 bridgehead atoms. The maximum Gasteiger partial charge on any atom is 0.437 e. The fraction of sp³-hybridized carbons (Fsp3) is 0.375. The first kappa shape index (κ1) is 21.7.